The van der Waals surface area contributed by atoms with Crippen LogP contribution in [0.1, 0.15) is 18.5 Å². The standard InChI is InChI=1S/C24H20F2N6O2S/c1-14(24(34,10-31-12-28-11-30-31)18-7-4-16(25)8-19(18)26)32-13-29-20-9-21(35-22(20)23(32)33)15-2-5-17(27)6-3-15/h2-9,11-14,34H,10,27H2,1H3. The minimum absolute atomic E-state index is 0.178. The molecule has 0 aliphatic heterocycles. The third-order valence-electron chi connectivity index (χ3n) is 6.03. The lowest BCUT2D eigenvalue weighted by Gasteiger charge is -2.35. The van der Waals surface area contributed by atoms with E-state index in [1.54, 1.807) is 19.1 Å². The molecule has 11 heteroatoms. The topological polar surface area (TPSA) is 112 Å². The molecule has 0 aliphatic rings. The molecule has 0 fully saturated rings. The van der Waals surface area contributed by atoms with Crippen LogP contribution in [0.25, 0.3) is 20.7 Å². The summed E-state index contributed by atoms with van der Waals surface area (Å²) in [6, 6.07) is 11.0. The van der Waals surface area contributed by atoms with Gasteiger partial charge in [-0.2, -0.15) is 5.10 Å². The number of benzene rings is 2. The molecule has 0 aliphatic carbocycles. The minimum atomic E-state index is -1.98. The number of rotatable bonds is 6. The molecule has 5 aromatic rings. The molecule has 0 amide bonds. The second kappa shape index (κ2) is 8.67. The van der Waals surface area contributed by atoms with Gasteiger partial charge in [-0.3, -0.25) is 9.36 Å². The van der Waals surface area contributed by atoms with Crippen molar-refractivity contribution >= 4 is 27.2 Å². The number of halogens is 2. The summed E-state index contributed by atoms with van der Waals surface area (Å²) in [5.74, 6) is -1.72. The molecule has 3 aromatic heterocycles. The van der Waals surface area contributed by atoms with Gasteiger partial charge in [0.15, 0.2) is 0 Å². The lowest BCUT2D eigenvalue weighted by atomic mass is 9.86. The zero-order valence-electron chi connectivity index (χ0n) is 18.5. The number of nitrogens with zero attached hydrogens (tertiary/aromatic N) is 5. The fraction of sp³-hybridized carbons (Fsp3) is 0.167. The maximum atomic E-state index is 14.9. The zero-order chi connectivity index (χ0) is 24.7. The van der Waals surface area contributed by atoms with Gasteiger partial charge in [0.1, 0.15) is 34.6 Å². The number of nitrogen functional groups attached to an aromatic ring is 1. The molecule has 178 valence electrons. The van der Waals surface area contributed by atoms with Crippen molar-refractivity contribution < 1.29 is 13.9 Å². The van der Waals surface area contributed by atoms with Crippen molar-refractivity contribution in [2.24, 2.45) is 0 Å². The molecule has 2 unspecified atom stereocenters. The highest BCUT2D eigenvalue weighted by atomic mass is 32.1. The molecule has 0 spiro atoms. The number of thiophene rings is 1. The second-order valence-corrected chi connectivity index (χ2v) is 9.27. The number of aromatic nitrogens is 5. The van der Waals surface area contributed by atoms with E-state index in [9.17, 15) is 18.7 Å². The number of fused-ring (bicyclic) bond motifs is 1. The molecular weight excluding hydrogens is 474 g/mol. The summed E-state index contributed by atoms with van der Waals surface area (Å²) < 4.78 is 31.4. The highest BCUT2D eigenvalue weighted by Crippen LogP contribution is 2.37. The average Bonchev–Trinajstić information content (AvgIpc) is 3.49. The van der Waals surface area contributed by atoms with Crippen molar-refractivity contribution in [3.05, 3.63) is 95.1 Å². The van der Waals surface area contributed by atoms with Gasteiger partial charge in [0, 0.05) is 22.2 Å². The SMILES string of the molecule is CC(n1cnc2cc(-c3ccc(N)cc3)sc2c1=O)C(O)(Cn1cncn1)c1ccc(F)cc1F. The van der Waals surface area contributed by atoms with Crippen LogP contribution < -0.4 is 11.3 Å². The number of anilines is 1. The molecule has 3 N–H and O–H groups in total. The van der Waals surface area contributed by atoms with Gasteiger partial charge in [-0.1, -0.05) is 18.2 Å². The van der Waals surface area contributed by atoms with Gasteiger partial charge in [0.05, 0.1) is 24.4 Å². The number of aliphatic hydroxyl groups is 1. The Morgan fingerprint density at radius 2 is 1.91 bits per heavy atom. The van der Waals surface area contributed by atoms with E-state index in [1.807, 2.05) is 18.2 Å². The maximum Gasteiger partial charge on any atom is 0.271 e. The predicted octanol–water partition coefficient (Wildman–Crippen LogP) is 3.73. The summed E-state index contributed by atoms with van der Waals surface area (Å²) in [5, 5.41) is 15.8. The van der Waals surface area contributed by atoms with Gasteiger partial charge in [0.25, 0.3) is 5.56 Å². The first-order chi connectivity index (χ1) is 16.8. The van der Waals surface area contributed by atoms with Gasteiger partial charge in [-0.15, -0.1) is 11.3 Å². The summed E-state index contributed by atoms with van der Waals surface area (Å²) in [6.45, 7) is 1.34. The van der Waals surface area contributed by atoms with E-state index in [-0.39, 0.29) is 12.1 Å². The van der Waals surface area contributed by atoms with E-state index in [4.69, 9.17) is 5.73 Å². The van der Waals surface area contributed by atoms with Crippen molar-refractivity contribution in [3.63, 3.8) is 0 Å². The number of hydrogen-bond donors (Lipinski definition) is 2. The van der Waals surface area contributed by atoms with Crippen LogP contribution in [0.5, 0.6) is 0 Å². The van der Waals surface area contributed by atoms with E-state index in [2.05, 4.69) is 15.1 Å². The fourth-order valence-electron chi connectivity index (χ4n) is 4.06. The van der Waals surface area contributed by atoms with Crippen LogP contribution in [0.3, 0.4) is 0 Å². The monoisotopic (exact) mass is 494 g/mol. The van der Waals surface area contributed by atoms with Crippen LogP contribution in [0.2, 0.25) is 0 Å². The summed E-state index contributed by atoms with van der Waals surface area (Å²) in [5.41, 5.74) is 5.23. The first kappa shape index (κ1) is 22.8. The van der Waals surface area contributed by atoms with Crippen LogP contribution in [-0.2, 0) is 12.1 Å². The van der Waals surface area contributed by atoms with Gasteiger partial charge in [-0.05, 0) is 36.8 Å². The first-order valence-corrected chi connectivity index (χ1v) is 11.4. The predicted molar refractivity (Wildman–Crippen MR) is 129 cm³/mol. The Kier molecular flexibility index (Phi) is 5.65. The Bertz CT molecular complexity index is 1570. The average molecular weight is 495 g/mol. The number of hydrogen-bond acceptors (Lipinski definition) is 7. The normalized spacial score (nSPS) is 14.2. The second-order valence-electron chi connectivity index (χ2n) is 8.22. The molecule has 0 bridgehead atoms. The third kappa shape index (κ3) is 4.08. The highest BCUT2D eigenvalue weighted by Gasteiger charge is 2.41. The zero-order valence-corrected chi connectivity index (χ0v) is 19.3. The highest BCUT2D eigenvalue weighted by molar-refractivity contribution is 7.22. The van der Waals surface area contributed by atoms with E-state index in [0.29, 0.717) is 22.0 Å². The van der Waals surface area contributed by atoms with Crippen molar-refractivity contribution in [2.75, 3.05) is 5.73 Å². The number of nitrogens with two attached hydrogens (primary N) is 1. The molecule has 5 rings (SSSR count). The molecule has 35 heavy (non-hydrogen) atoms. The summed E-state index contributed by atoms with van der Waals surface area (Å²) in [6.07, 6.45) is 3.96. The Hall–Kier alpha value is -3.96. The van der Waals surface area contributed by atoms with E-state index in [1.165, 1.54) is 45.6 Å². The van der Waals surface area contributed by atoms with Gasteiger partial charge in [-0.25, -0.2) is 23.4 Å². The smallest absolute Gasteiger partial charge is 0.271 e. The van der Waals surface area contributed by atoms with E-state index < -0.39 is 28.8 Å². The molecular formula is C24H20F2N6O2S. The molecule has 2 aromatic carbocycles. The van der Waals surface area contributed by atoms with Crippen molar-refractivity contribution in [1.82, 2.24) is 24.3 Å². The summed E-state index contributed by atoms with van der Waals surface area (Å²) >= 11 is 1.26. The van der Waals surface area contributed by atoms with Crippen LogP contribution in [0, 0.1) is 11.6 Å². The molecule has 0 saturated heterocycles. The van der Waals surface area contributed by atoms with E-state index >= 15 is 0 Å². The van der Waals surface area contributed by atoms with Crippen molar-refractivity contribution in [1.29, 1.82) is 0 Å². The Morgan fingerprint density at radius 3 is 2.60 bits per heavy atom. The van der Waals surface area contributed by atoms with Crippen LogP contribution in [-0.4, -0.2) is 29.4 Å². The Balaban J connectivity index is 1.62. The van der Waals surface area contributed by atoms with Crippen LogP contribution >= 0.6 is 11.3 Å². The van der Waals surface area contributed by atoms with Crippen LogP contribution in [0.4, 0.5) is 14.5 Å². The molecule has 0 radical (unpaired) electrons. The lowest BCUT2D eigenvalue weighted by molar-refractivity contribution is -0.0343. The molecule has 0 saturated carbocycles. The largest absolute Gasteiger partial charge is 0.399 e. The molecule has 2 atom stereocenters. The minimum Gasteiger partial charge on any atom is -0.399 e. The van der Waals surface area contributed by atoms with Gasteiger partial charge < -0.3 is 10.8 Å². The quantitative estimate of drug-likeness (QED) is 0.348. The Morgan fingerprint density at radius 1 is 1.14 bits per heavy atom. The Labute approximate surface area is 201 Å². The first-order valence-electron chi connectivity index (χ1n) is 10.6. The third-order valence-corrected chi connectivity index (χ3v) is 7.19. The fourth-order valence-corrected chi connectivity index (χ4v) is 5.12. The maximum absolute atomic E-state index is 14.9. The van der Waals surface area contributed by atoms with Crippen molar-refractivity contribution in [3.8, 4) is 10.4 Å². The van der Waals surface area contributed by atoms with E-state index in [0.717, 1.165) is 16.5 Å². The molecule has 8 nitrogen and oxygen atoms in total. The summed E-state index contributed by atoms with van der Waals surface area (Å²) in [7, 11) is 0. The van der Waals surface area contributed by atoms with Gasteiger partial charge in [0.2, 0.25) is 0 Å². The lowest BCUT2D eigenvalue weighted by Crippen LogP contribution is -2.43. The summed E-state index contributed by atoms with van der Waals surface area (Å²) in [4.78, 5) is 22.6. The molecule has 3 heterocycles. The van der Waals surface area contributed by atoms with Crippen LogP contribution in [0.15, 0.2) is 72.3 Å². The van der Waals surface area contributed by atoms with Gasteiger partial charge >= 0.3 is 0 Å². The van der Waals surface area contributed by atoms with Crippen molar-refractivity contribution in [2.45, 2.75) is 25.1 Å².